The minimum Gasteiger partial charge on any atom is -0.362 e. The van der Waals surface area contributed by atoms with Gasteiger partial charge < -0.3 is 10.2 Å². The minimum absolute atomic E-state index is 0.540. The van der Waals surface area contributed by atoms with Crippen LogP contribution in [0.3, 0.4) is 0 Å². The van der Waals surface area contributed by atoms with Crippen molar-refractivity contribution in [3.05, 3.63) is 47.7 Å². The minimum atomic E-state index is 0.540. The Hall–Kier alpha value is -1.61. The monoisotopic (exact) mass is 258 g/mol. The number of nitrogens with one attached hydrogen (secondary N) is 1. The van der Waals surface area contributed by atoms with E-state index in [4.69, 9.17) is 4.84 Å². The van der Waals surface area contributed by atoms with Crippen molar-refractivity contribution in [1.82, 2.24) is 5.32 Å². The quantitative estimate of drug-likeness (QED) is 0.498. The van der Waals surface area contributed by atoms with Crippen molar-refractivity contribution in [1.29, 1.82) is 0 Å². The van der Waals surface area contributed by atoms with Crippen LogP contribution in [0.2, 0.25) is 0 Å². The Morgan fingerprint density at radius 2 is 2.21 bits per heavy atom. The predicted molar refractivity (Wildman–Crippen MR) is 79.1 cm³/mol. The van der Waals surface area contributed by atoms with Gasteiger partial charge in [0.1, 0.15) is 5.76 Å². The van der Waals surface area contributed by atoms with Crippen LogP contribution in [0.4, 0.5) is 0 Å². The molecule has 0 bridgehead atoms. The third kappa shape index (κ3) is 4.21. The molecular weight excluding hydrogens is 236 g/mol. The molecule has 0 aliphatic carbocycles. The van der Waals surface area contributed by atoms with Gasteiger partial charge in [0.25, 0.3) is 0 Å². The van der Waals surface area contributed by atoms with Crippen molar-refractivity contribution in [2.75, 3.05) is 6.54 Å². The van der Waals surface area contributed by atoms with Gasteiger partial charge in [0.15, 0.2) is 0 Å². The second-order valence-electron chi connectivity index (χ2n) is 4.89. The van der Waals surface area contributed by atoms with Crippen molar-refractivity contribution < 1.29 is 4.84 Å². The van der Waals surface area contributed by atoms with Crippen LogP contribution >= 0.6 is 0 Å². The van der Waals surface area contributed by atoms with Gasteiger partial charge in [-0.1, -0.05) is 35.5 Å². The molecule has 3 nitrogen and oxygen atoms in total. The highest BCUT2D eigenvalue weighted by Gasteiger charge is 2.16. The normalized spacial score (nSPS) is 20.6. The molecule has 1 aliphatic heterocycles. The van der Waals surface area contributed by atoms with Gasteiger partial charge >= 0.3 is 0 Å². The summed E-state index contributed by atoms with van der Waals surface area (Å²) >= 11 is 0. The van der Waals surface area contributed by atoms with E-state index in [-0.39, 0.29) is 0 Å². The zero-order valence-corrected chi connectivity index (χ0v) is 11.7. The van der Waals surface area contributed by atoms with Crippen LogP contribution in [0.15, 0.2) is 47.3 Å². The van der Waals surface area contributed by atoms with E-state index in [0.29, 0.717) is 6.04 Å². The average molecular weight is 258 g/mol. The third-order valence-corrected chi connectivity index (χ3v) is 3.42. The summed E-state index contributed by atoms with van der Waals surface area (Å²) in [6.45, 7) is 5.09. The molecular formula is C16H22N2O. The van der Waals surface area contributed by atoms with E-state index >= 15 is 0 Å². The summed E-state index contributed by atoms with van der Waals surface area (Å²) in [6.07, 6.45) is 5.40. The van der Waals surface area contributed by atoms with E-state index in [1.165, 1.54) is 12.8 Å². The van der Waals surface area contributed by atoms with E-state index in [0.717, 1.165) is 30.0 Å². The molecule has 1 heterocycles. The van der Waals surface area contributed by atoms with Gasteiger partial charge in [0, 0.05) is 12.5 Å². The molecule has 0 aromatic heterocycles. The number of benzene rings is 1. The summed E-state index contributed by atoms with van der Waals surface area (Å²) in [5.74, 6) is 0.940. The first-order valence-corrected chi connectivity index (χ1v) is 6.95. The van der Waals surface area contributed by atoms with Crippen LogP contribution in [-0.4, -0.2) is 18.3 Å². The first-order valence-electron chi connectivity index (χ1n) is 6.95. The highest BCUT2D eigenvalue weighted by atomic mass is 16.6. The highest BCUT2D eigenvalue weighted by Crippen LogP contribution is 2.16. The molecule has 0 radical (unpaired) electrons. The standard InChI is InChI=1S/C16H22N2O/c1-3-16(12-15-10-7-11-17-15)19-18-13(2)14-8-5-4-6-9-14/h3-6,8-9,15,17H,7,10-12H2,1-2H3/b16-3?,18-13+/t15-/m1/s1. The van der Waals surface area contributed by atoms with Crippen molar-refractivity contribution >= 4 is 5.71 Å². The van der Waals surface area contributed by atoms with Gasteiger partial charge in [-0.2, -0.15) is 0 Å². The van der Waals surface area contributed by atoms with E-state index in [2.05, 4.69) is 10.5 Å². The van der Waals surface area contributed by atoms with E-state index in [1.54, 1.807) is 0 Å². The zero-order chi connectivity index (χ0) is 13.5. The van der Waals surface area contributed by atoms with Crippen molar-refractivity contribution in [3.8, 4) is 0 Å². The molecule has 102 valence electrons. The molecule has 1 N–H and O–H groups in total. The van der Waals surface area contributed by atoms with Crippen molar-refractivity contribution in [2.24, 2.45) is 5.16 Å². The Morgan fingerprint density at radius 1 is 1.42 bits per heavy atom. The number of nitrogens with zero attached hydrogens (tertiary/aromatic N) is 1. The smallest absolute Gasteiger partial charge is 0.132 e. The van der Waals surface area contributed by atoms with Crippen molar-refractivity contribution in [2.45, 2.75) is 39.2 Å². The molecule has 1 aromatic rings. The summed E-state index contributed by atoms with van der Waals surface area (Å²) in [5.41, 5.74) is 2.00. The SMILES string of the molecule is CC=C(C[C@H]1CCCN1)O/N=C(\C)c1ccccc1. The molecule has 1 aromatic carbocycles. The summed E-state index contributed by atoms with van der Waals surface area (Å²) in [7, 11) is 0. The molecule has 1 saturated heterocycles. The highest BCUT2D eigenvalue weighted by molar-refractivity contribution is 5.98. The van der Waals surface area contributed by atoms with Crippen LogP contribution in [0.25, 0.3) is 0 Å². The summed E-state index contributed by atoms with van der Waals surface area (Å²) in [6, 6.07) is 10.6. The summed E-state index contributed by atoms with van der Waals surface area (Å²) < 4.78 is 0. The number of rotatable bonds is 5. The van der Waals surface area contributed by atoms with Gasteiger partial charge in [0.05, 0.1) is 5.71 Å². The van der Waals surface area contributed by atoms with Crippen LogP contribution in [-0.2, 0) is 4.84 Å². The summed E-state index contributed by atoms with van der Waals surface area (Å²) in [5, 5.41) is 7.70. The lowest BCUT2D eigenvalue weighted by atomic mass is 10.1. The molecule has 19 heavy (non-hydrogen) atoms. The summed E-state index contributed by atoms with van der Waals surface area (Å²) in [4.78, 5) is 5.58. The Kier molecular flexibility index (Phi) is 5.16. The molecule has 0 saturated carbocycles. The van der Waals surface area contributed by atoms with Crippen molar-refractivity contribution in [3.63, 3.8) is 0 Å². The largest absolute Gasteiger partial charge is 0.362 e. The van der Waals surface area contributed by atoms with E-state index in [1.807, 2.05) is 50.3 Å². The first-order chi connectivity index (χ1) is 9.29. The third-order valence-electron chi connectivity index (χ3n) is 3.42. The molecule has 3 heteroatoms. The van der Waals surface area contributed by atoms with Gasteiger partial charge in [-0.25, -0.2) is 0 Å². The second-order valence-corrected chi connectivity index (χ2v) is 4.89. The molecule has 0 amide bonds. The van der Waals surface area contributed by atoms with Crippen LogP contribution < -0.4 is 5.32 Å². The molecule has 1 fully saturated rings. The lowest BCUT2D eigenvalue weighted by molar-refractivity contribution is 0.209. The van der Waals surface area contributed by atoms with Crippen LogP contribution in [0, 0.1) is 0 Å². The van der Waals surface area contributed by atoms with Gasteiger partial charge in [-0.3, -0.25) is 0 Å². The molecule has 0 unspecified atom stereocenters. The fraction of sp³-hybridized carbons (Fsp3) is 0.438. The average Bonchev–Trinajstić information content (AvgIpc) is 2.97. The Balaban J connectivity index is 1.91. The maximum absolute atomic E-state index is 5.58. The van der Waals surface area contributed by atoms with Gasteiger partial charge in [0.2, 0.25) is 0 Å². The lowest BCUT2D eigenvalue weighted by Crippen LogP contribution is -2.21. The number of hydrogen-bond donors (Lipinski definition) is 1. The fourth-order valence-electron chi connectivity index (χ4n) is 2.24. The predicted octanol–water partition coefficient (Wildman–Crippen LogP) is 3.47. The first kappa shape index (κ1) is 13.8. The molecule has 1 atom stereocenters. The number of hydrogen-bond acceptors (Lipinski definition) is 3. The molecule has 2 rings (SSSR count). The topological polar surface area (TPSA) is 33.6 Å². The van der Waals surface area contributed by atoms with E-state index in [9.17, 15) is 0 Å². The van der Waals surface area contributed by atoms with Crippen LogP contribution in [0.1, 0.15) is 38.7 Å². The number of oxime groups is 1. The molecule has 0 spiro atoms. The maximum atomic E-state index is 5.58. The lowest BCUT2D eigenvalue weighted by Gasteiger charge is -2.11. The zero-order valence-electron chi connectivity index (χ0n) is 11.7. The Bertz CT molecular complexity index is 445. The van der Waals surface area contributed by atoms with Gasteiger partial charge in [-0.15, -0.1) is 0 Å². The molecule has 1 aliphatic rings. The maximum Gasteiger partial charge on any atom is 0.132 e. The Morgan fingerprint density at radius 3 is 2.84 bits per heavy atom. The van der Waals surface area contributed by atoms with E-state index < -0.39 is 0 Å². The Labute approximate surface area is 115 Å². The van der Waals surface area contributed by atoms with Gasteiger partial charge in [-0.05, 0) is 44.9 Å². The van der Waals surface area contributed by atoms with Crippen LogP contribution in [0.5, 0.6) is 0 Å². The second kappa shape index (κ2) is 7.10. The fourth-order valence-corrected chi connectivity index (χ4v) is 2.24. The number of allylic oxidation sites excluding steroid dienone is 1.